The van der Waals surface area contributed by atoms with Crippen molar-refractivity contribution in [1.29, 1.82) is 0 Å². The van der Waals surface area contributed by atoms with Crippen LogP contribution < -0.4 is 16.0 Å². The number of hydrogen-bond donors (Lipinski definition) is 3. The van der Waals surface area contributed by atoms with Crippen LogP contribution in [0.2, 0.25) is 0 Å². The fourth-order valence-electron chi connectivity index (χ4n) is 5.90. The average molecular weight is 478 g/mol. The van der Waals surface area contributed by atoms with E-state index in [1.807, 2.05) is 33.2 Å². The number of carbonyl (C=O) groups is 1. The Morgan fingerprint density at radius 3 is 2.57 bits per heavy atom. The van der Waals surface area contributed by atoms with Gasteiger partial charge in [-0.1, -0.05) is 18.2 Å². The number of benzene rings is 2. The number of carbonyl (C=O) groups excluding carboxylic acids is 1. The lowest BCUT2D eigenvalue weighted by Gasteiger charge is -2.41. The van der Waals surface area contributed by atoms with Gasteiger partial charge in [0.05, 0.1) is 0 Å². The van der Waals surface area contributed by atoms with Crippen LogP contribution in [0, 0.1) is 25.1 Å². The van der Waals surface area contributed by atoms with Crippen LogP contribution in [0.5, 0.6) is 0 Å². The zero-order valence-corrected chi connectivity index (χ0v) is 21.3. The molecule has 6 nitrogen and oxygen atoms in total. The highest BCUT2D eigenvalue weighted by Gasteiger charge is 2.56. The second-order valence-electron chi connectivity index (χ2n) is 11.0. The van der Waals surface area contributed by atoms with E-state index in [9.17, 15) is 9.18 Å². The molecule has 2 aliphatic carbocycles. The third-order valence-electron chi connectivity index (χ3n) is 8.01. The zero-order chi connectivity index (χ0) is 25.0. The molecule has 1 heterocycles. The number of fused-ring (bicyclic) bond motifs is 1. The molecular weight excluding hydrogens is 441 g/mol. The van der Waals surface area contributed by atoms with Gasteiger partial charge >= 0.3 is 0 Å². The summed E-state index contributed by atoms with van der Waals surface area (Å²) < 4.78 is 14.0. The highest BCUT2D eigenvalue weighted by atomic mass is 19.1. The summed E-state index contributed by atoms with van der Waals surface area (Å²) in [5.74, 6) is -0.0979. The molecular formula is C28H36FN5O. The summed E-state index contributed by atoms with van der Waals surface area (Å²) in [5, 5.41) is 10.6. The second kappa shape index (κ2) is 8.63. The summed E-state index contributed by atoms with van der Waals surface area (Å²) in [6.45, 7) is 5.68. The Bertz CT molecular complexity index is 1180. The Balaban J connectivity index is 1.20. The first-order chi connectivity index (χ1) is 16.6. The van der Waals surface area contributed by atoms with Crippen LogP contribution in [0.1, 0.15) is 66.1 Å². The van der Waals surface area contributed by atoms with Crippen LogP contribution in [0.15, 0.2) is 41.4 Å². The van der Waals surface area contributed by atoms with E-state index in [1.54, 1.807) is 13.0 Å². The smallest absolute Gasteiger partial charge is 0.251 e. The molecule has 1 unspecified atom stereocenters. The van der Waals surface area contributed by atoms with Gasteiger partial charge in [0.15, 0.2) is 5.79 Å². The van der Waals surface area contributed by atoms with Gasteiger partial charge in [-0.05, 0) is 87.6 Å². The average Bonchev–Trinajstić information content (AvgIpc) is 3.47. The van der Waals surface area contributed by atoms with Crippen molar-refractivity contribution in [3.05, 3.63) is 64.5 Å². The minimum absolute atomic E-state index is 0.161. The molecule has 35 heavy (non-hydrogen) atoms. The van der Waals surface area contributed by atoms with Crippen molar-refractivity contribution in [3.8, 4) is 0 Å². The quantitative estimate of drug-likeness (QED) is 0.603. The number of para-hydroxylation sites is 1. The van der Waals surface area contributed by atoms with Crippen molar-refractivity contribution < 1.29 is 9.18 Å². The van der Waals surface area contributed by atoms with Crippen molar-refractivity contribution in [1.82, 2.24) is 15.5 Å². The van der Waals surface area contributed by atoms with Crippen LogP contribution in [-0.4, -0.2) is 48.6 Å². The Kier molecular flexibility index (Phi) is 5.86. The molecule has 1 spiro atoms. The van der Waals surface area contributed by atoms with E-state index in [1.165, 1.54) is 6.07 Å². The molecule has 3 N–H and O–H groups in total. The van der Waals surface area contributed by atoms with Crippen molar-refractivity contribution in [2.24, 2.45) is 10.4 Å². The van der Waals surface area contributed by atoms with Gasteiger partial charge in [0.25, 0.3) is 5.91 Å². The molecule has 5 rings (SSSR count). The summed E-state index contributed by atoms with van der Waals surface area (Å²) >= 11 is 0. The normalized spacial score (nSPS) is 29.1. The van der Waals surface area contributed by atoms with Gasteiger partial charge in [-0.2, -0.15) is 0 Å². The molecule has 186 valence electrons. The lowest BCUT2D eigenvalue weighted by Crippen LogP contribution is -2.56. The second-order valence-corrected chi connectivity index (χ2v) is 11.0. The molecule has 0 bridgehead atoms. The molecule has 2 aromatic carbocycles. The van der Waals surface area contributed by atoms with Crippen molar-refractivity contribution in [2.45, 2.75) is 70.7 Å². The fraction of sp³-hybridized carbons (Fsp3) is 0.500. The minimum Gasteiger partial charge on any atom is -0.362 e. The maximum absolute atomic E-state index is 14.0. The Morgan fingerprint density at radius 1 is 1.14 bits per heavy atom. The van der Waals surface area contributed by atoms with Gasteiger partial charge in [0, 0.05) is 43.0 Å². The zero-order valence-electron chi connectivity index (χ0n) is 21.3. The van der Waals surface area contributed by atoms with E-state index in [2.05, 4.69) is 39.9 Å². The first-order valence-corrected chi connectivity index (χ1v) is 12.6. The number of rotatable bonds is 4. The SMILES string of the molecule is Cc1cc(C)c(C(=O)N[C@@H]2CC23CCC(NC2(C)N=C(N(C)C)c4ccccc4N2)CC3)cc1F. The van der Waals surface area contributed by atoms with Crippen LogP contribution in [0.4, 0.5) is 10.1 Å². The molecule has 0 aromatic heterocycles. The maximum Gasteiger partial charge on any atom is 0.251 e. The van der Waals surface area contributed by atoms with Gasteiger partial charge in [-0.3, -0.25) is 10.1 Å². The van der Waals surface area contributed by atoms with Crippen LogP contribution in [0.25, 0.3) is 0 Å². The van der Waals surface area contributed by atoms with E-state index in [0.29, 0.717) is 17.2 Å². The lowest BCUT2D eigenvalue weighted by molar-refractivity contribution is 0.0939. The van der Waals surface area contributed by atoms with E-state index < -0.39 is 5.79 Å². The summed E-state index contributed by atoms with van der Waals surface area (Å²) in [7, 11) is 4.06. The predicted octanol–water partition coefficient (Wildman–Crippen LogP) is 4.57. The topological polar surface area (TPSA) is 68.8 Å². The maximum atomic E-state index is 14.0. The molecule has 0 saturated heterocycles. The molecule has 2 fully saturated rings. The van der Waals surface area contributed by atoms with Crippen LogP contribution in [-0.2, 0) is 0 Å². The number of aryl methyl sites for hydroxylation is 2. The van der Waals surface area contributed by atoms with E-state index in [-0.39, 0.29) is 23.2 Å². The number of amidine groups is 1. The number of amides is 1. The van der Waals surface area contributed by atoms with E-state index in [4.69, 9.17) is 4.99 Å². The predicted molar refractivity (Wildman–Crippen MR) is 138 cm³/mol. The van der Waals surface area contributed by atoms with Gasteiger partial charge in [0.1, 0.15) is 11.7 Å². The van der Waals surface area contributed by atoms with Crippen molar-refractivity contribution in [3.63, 3.8) is 0 Å². The molecule has 1 amide bonds. The van der Waals surface area contributed by atoms with Crippen LogP contribution >= 0.6 is 0 Å². The number of aliphatic imine (C=N–C) groups is 1. The Labute approximate surface area is 207 Å². The molecule has 3 aliphatic rings. The van der Waals surface area contributed by atoms with Crippen molar-refractivity contribution >= 4 is 17.4 Å². The monoisotopic (exact) mass is 477 g/mol. The molecule has 1 aliphatic heterocycles. The summed E-state index contributed by atoms with van der Waals surface area (Å²) in [6, 6.07) is 11.9. The van der Waals surface area contributed by atoms with Gasteiger partial charge in [-0.15, -0.1) is 0 Å². The molecule has 2 atom stereocenters. The standard InChI is InChI=1S/C28H36FN5O/c1-17-14-18(2)22(29)15-21(17)26(35)30-24-16-28(24)12-10-19(11-13-28)31-27(3)32-23-9-7-6-8-20(23)25(33-27)34(4)5/h6-9,14-15,19,24,31-32H,10-13,16H2,1-5H3,(H,30,35)/t19?,24-,27?,28?/m1/s1. The first-order valence-electron chi connectivity index (χ1n) is 12.6. The largest absolute Gasteiger partial charge is 0.362 e. The number of halogens is 1. The third-order valence-corrected chi connectivity index (χ3v) is 8.01. The molecule has 2 saturated carbocycles. The number of nitrogens with zero attached hydrogens (tertiary/aromatic N) is 2. The highest BCUT2D eigenvalue weighted by Crippen LogP contribution is 2.56. The van der Waals surface area contributed by atoms with Gasteiger partial charge in [0.2, 0.25) is 0 Å². The van der Waals surface area contributed by atoms with E-state index in [0.717, 1.165) is 54.8 Å². The highest BCUT2D eigenvalue weighted by molar-refractivity contribution is 6.05. The Morgan fingerprint density at radius 2 is 1.86 bits per heavy atom. The number of hydrogen-bond acceptors (Lipinski definition) is 5. The number of anilines is 1. The van der Waals surface area contributed by atoms with Gasteiger partial charge in [-0.25, -0.2) is 9.38 Å². The summed E-state index contributed by atoms with van der Waals surface area (Å²) in [6.07, 6.45) is 5.21. The lowest BCUT2D eigenvalue weighted by atomic mass is 9.82. The third kappa shape index (κ3) is 4.54. The fourth-order valence-corrected chi connectivity index (χ4v) is 5.90. The first kappa shape index (κ1) is 23.8. The van der Waals surface area contributed by atoms with Gasteiger partial charge < -0.3 is 15.5 Å². The minimum atomic E-state index is -0.576. The van der Waals surface area contributed by atoms with E-state index >= 15 is 0 Å². The van der Waals surface area contributed by atoms with Crippen molar-refractivity contribution in [2.75, 3.05) is 19.4 Å². The molecule has 2 aromatic rings. The molecule has 0 radical (unpaired) electrons. The molecule has 7 heteroatoms. The van der Waals surface area contributed by atoms with Crippen LogP contribution in [0.3, 0.4) is 0 Å². The number of nitrogens with one attached hydrogen (secondary N) is 3. The Hall–Kier alpha value is -2.93. The summed E-state index contributed by atoms with van der Waals surface area (Å²) in [4.78, 5) is 20.0. The summed E-state index contributed by atoms with van der Waals surface area (Å²) in [5.41, 5.74) is 4.20.